The molecule has 2 atom stereocenters. The van der Waals surface area contributed by atoms with Crippen molar-refractivity contribution in [2.75, 3.05) is 19.5 Å². The lowest BCUT2D eigenvalue weighted by Crippen LogP contribution is -2.43. The molecule has 1 fully saturated rings. The van der Waals surface area contributed by atoms with Crippen LogP contribution in [0.2, 0.25) is 0 Å². The first-order valence-electron chi connectivity index (χ1n) is 10.6. The highest BCUT2D eigenvalue weighted by Gasteiger charge is 2.42. The molecule has 1 amide bonds. The highest BCUT2D eigenvalue weighted by Crippen LogP contribution is 2.44. The summed E-state index contributed by atoms with van der Waals surface area (Å²) in [4.78, 5) is 37.7. The number of carbonyl (C=O) groups excluding carboxylic acids is 2. The number of hydrogen-bond acceptors (Lipinski definition) is 7. The average molecular weight is 474 g/mol. The zero-order valence-corrected chi connectivity index (χ0v) is 19.4. The summed E-state index contributed by atoms with van der Waals surface area (Å²) in [5.41, 5.74) is 1.73. The normalized spacial score (nSPS) is 17.5. The van der Waals surface area contributed by atoms with Gasteiger partial charge in [0.15, 0.2) is 11.5 Å². The molecule has 0 spiro atoms. The molecule has 0 aromatic heterocycles. The minimum Gasteiger partial charge on any atom is -0.493 e. The van der Waals surface area contributed by atoms with E-state index in [1.165, 1.54) is 23.8 Å². The molecule has 2 unspecified atom stereocenters. The molecule has 0 radical (unpaired) electrons. The third-order valence-corrected chi connectivity index (χ3v) is 6.45. The van der Waals surface area contributed by atoms with Crippen LogP contribution in [0.1, 0.15) is 36.3 Å². The van der Waals surface area contributed by atoms with Crippen LogP contribution < -0.4 is 9.47 Å². The van der Waals surface area contributed by atoms with Crippen LogP contribution in [0.4, 0.5) is 0 Å². The highest BCUT2D eigenvalue weighted by atomic mass is 32.2. The lowest BCUT2D eigenvalue weighted by molar-refractivity contribution is -0.150. The van der Waals surface area contributed by atoms with Gasteiger partial charge < -0.3 is 24.2 Å². The van der Waals surface area contributed by atoms with Gasteiger partial charge in [-0.3, -0.25) is 9.59 Å². The first-order valence-corrected chi connectivity index (χ1v) is 11.6. The second kappa shape index (κ2) is 11.6. The maximum atomic E-state index is 12.9. The minimum absolute atomic E-state index is 0.0948. The van der Waals surface area contributed by atoms with Gasteiger partial charge in [-0.15, -0.1) is 11.8 Å². The van der Waals surface area contributed by atoms with Crippen LogP contribution in [0.15, 0.2) is 48.5 Å². The van der Waals surface area contributed by atoms with Crippen molar-refractivity contribution in [2.24, 2.45) is 0 Å². The van der Waals surface area contributed by atoms with Crippen molar-refractivity contribution in [1.82, 2.24) is 4.90 Å². The zero-order valence-electron chi connectivity index (χ0n) is 18.6. The van der Waals surface area contributed by atoms with E-state index in [9.17, 15) is 19.5 Å². The molecule has 1 aliphatic heterocycles. The van der Waals surface area contributed by atoms with Crippen LogP contribution in [0.25, 0.3) is 0 Å². The van der Waals surface area contributed by atoms with Crippen molar-refractivity contribution < 1.29 is 33.7 Å². The number of ether oxygens (including phenoxy) is 3. The molecule has 1 heterocycles. The number of amides is 1. The number of methoxy groups -OCH3 is 1. The van der Waals surface area contributed by atoms with E-state index in [0.717, 1.165) is 11.1 Å². The molecule has 0 aliphatic carbocycles. The number of aliphatic carboxylic acids is 1. The van der Waals surface area contributed by atoms with E-state index in [-0.39, 0.29) is 25.2 Å². The SMILES string of the molecule is CCOC(=O)CCC(=O)N1C(C(=O)O)CSC1c1ccc(OCc2ccccc2)c(OC)c1. The molecule has 8 nitrogen and oxygen atoms in total. The average Bonchev–Trinajstić information content (AvgIpc) is 3.27. The minimum atomic E-state index is -1.08. The fourth-order valence-corrected chi connectivity index (χ4v) is 4.95. The molecule has 9 heteroatoms. The standard InChI is InChI=1S/C24H27NO7S/c1-3-31-22(27)12-11-21(26)25-18(24(28)29)15-33-23(25)17-9-10-19(20(13-17)30-2)32-14-16-7-5-4-6-8-16/h4-10,13,18,23H,3,11-12,14-15H2,1-2H3,(H,28,29). The third kappa shape index (κ3) is 6.19. The van der Waals surface area contributed by atoms with E-state index >= 15 is 0 Å². The molecule has 176 valence electrons. The third-order valence-electron chi connectivity index (χ3n) is 5.13. The van der Waals surface area contributed by atoms with Crippen LogP contribution in [-0.2, 0) is 25.7 Å². The Bertz CT molecular complexity index is 982. The molecular formula is C24H27NO7S. The van der Waals surface area contributed by atoms with E-state index in [1.54, 1.807) is 25.1 Å². The Labute approximate surface area is 196 Å². The zero-order chi connectivity index (χ0) is 23.8. The largest absolute Gasteiger partial charge is 0.493 e. The number of esters is 1. The number of hydrogen-bond donors (Lipinski definition) is 1. The summed E-state index contributed by atoms with van der Waals surface area (Å²) in [7, 11) is 1.53. The summed E-state index contributed by atoms with van der Waals surface area (Å²) in [5, 5.41) is 9.12. The number of benzene rings is 2. The predicted molar refractivity (Wildman–Crippen MR) is 123 cm³/mol. The Morgan fingerprint density at radius 3 is 2.52 bits per heavy atom. The summed E-state index contributed by atoms with van der Waals surface area (Å²) < 4.78 is 16.3. The van der Waals surface area contributed by atoms with Crippen molar-refractivity contribution in [1.29, 1.82) is 0 Å². The number of carboxylic acid groups (broad SMARTS) is 1. The quantitative estimate of drug-likeness (QED) is 0.522. The summed E-state index contributed by atoms with van der Waals surface area (Å²) >= 11 is 1.36. The number of carbonyl (C=O) groups is 3. The second-order valence-corrected chi connectivity index (χ2v) is 8.44. The van der Waals surface area contributed by atoms with Crippen LogP contribution in [0, 0.1) is 0 Å². The molecular weight excluding hydrogens is 446 g/mol. The van der Waals surface area contributed by atoms with Gasteiger partial charge in [0, 0.05) is 12.2 Å². The maximum Gasteiger partial charge on any atom is 0.327 e. The van der Waals surface area contributed by atoms with Crippen molar-refractivity contribution in [3.8, 4) is 11.5 Å². The second-order valence-electron chi connectivity index (χ2n) is 7.33. The van der Waals surface area contributed by atoms with Gasteiger partial charge in [-0.2, -0.15) is 0 Å². The Balaban J connectivity index is 1.77. The fourth-order valence-electron chi connectivity index (χ4n) is 3.52. The fraction of sp³-hybridized carbons (Fsp3) is 0.375. The van der Waals surface area contributed by atoms with E-state index in [2.05, 4.69) is 0 Å². The molecule has 3 rings (SSSR count). The summed E-state index contributed by atoms with van der Waals surface area (Å²) in [6.45, 7) is 2.29. The molecule has 1 saturated heterocycles. The van der Waals surface area contributed by atoms with Crippen LogP contribution in [0.3, 0.4) is 0 Å². The molecule has 2 aromatic carbocycles. The first-order chi connectivity index (χ1) is 15.9. The van der Waals surface area contributed by atoms with Gasteiger partial charge in [0.2, 0.25) is 5.91 Å². The number of rotatable bonds is 10. The summed E-state index contributed by atoms with van der Waals surface area (Å²) in [6, 6.07) is 14.1. The molecule has 2 aromatic rings. The smallest absolute Gasteiger partial charge is 0.327 e. The van der Waals surface area contributed by atoms with Gasteiger partial charge in [-0.1, -0.05) is 36.4 Å². The molecule has 1 N–H and O–H groups in total. The molecule has 0 bridgehead atoms. The van der Waals surface area contributed by atoms with Gasteiger partial charge in [-0.05, 0) is 30.2 Å². The first kappa shape index (κ1) is 24.4. The van der Waals surface area contributed by atoms with E-state index in [1.807, 2.05) is 30.3 Å². The lowest BCUT2D eigenvalue weighted by atomic mass is 10.1. The monoisotopic (exact) mass is 473 g/mol. The molecule has 0 saturated carbocycles. The predicted octanol–water partition coefficient (Wildman–Crippen LogP) is 3.64. The maximum absolute atomic E-state index is 12.9. The van der Waals surface area contributed by atoms with Gasteiger partial charge in [0.1, 0.15) is 18.0 Å². The molecule has 33 heavy (non-hydrogen) atoms. The van der Waals surface area contributed by atoms with Crippen LogP contribution in [0.5, 0.6) is 11.5 Å². The van der Waals surface area contributed by atoms with Crippen molar-refractivity contribution in [3.63, 3.8) is 0 Å². The Hall–Kier alpha value is -3.20. The van der Waals surface area contributed by atoms with Gasteiger partial charge in [0.05, 0.1) is 20.1 Å². The number of thioether (sulfide) groups is 1. The molecule has 1 aliphatic rings. The van der Waals surface area contributed by atoms with E-state index in [0.29, 0.717) is 18.1 Å². The van der Waals surface area contributed by atoms with Gasteiger partial charge in [0.25, 0.3) is 0 Å². The lowest BCUT2D eigenvalue weighted by Gasteiger charge is -2.28. The van der Waals surface area contributed by atoms with E-state index in [4.69, 9.17) is 14.2 Å². The van der Waals surface area contributed by atoms with E-state index < -0.39 is 29.3 Å². The van der Waals surface area contributed by atoms with Crippen LogP contribution in [-0.4, -0.2) is 53.4 Å². The van der Waals surface area contributed by atoms with Crippen molar-refractivity contribution in [2.45, 2.75) is 37.8 Å². The Morgan fingerprint density at radius 2 is 1.85 bits per heavy atom. The summed E-state index contributed by atoms with van der Waals surface area (Å²) in [5.74, 6) is -0.690. The van der Waals surface area contributed by atoms with Crippen molar-refractivity contribution >= 4 is 29.6 Å². The van der Waals surface area contributed by atoms with Crippen molar-refractivity contribution in [3.05, 3.63) is 59.7 Å². The van der Waals surface area contributed by atoms with Crippen LogP contribution >= 0.6 is 11.8 Å². The van der Waals surface area contributed by atoms with Gasteiger partial charge in [-0.25, -0.2) is 4.79 Å². The van der Waals surface area contributed by atoms with Gasteiger partial charge >= 0.3 is 11.9 Å². The Morgan fingerprint density at radius 1 is 1.09 bits per heavy atom. The Kier molecular flexibility index (Phi) is 8.59. The number of nitrogens with zero attached hydrogens (tertiary/aromatic N) is 1. The highest BCUT2D eigenvalue weighted by molar-refractivity contribution is 7.99. The summed E-state index contributed by atoms with van der Waals surface area (Å²) in [6.07, 6.45) is -0.211. The topological polar surface area (TPSA) is 102 Å². The number of carboxylic acids is 1.